The molecule has 0 aromatic carbocycles. The standard InChI is InChI=1S/C14H28N4O2S/c1-5-15-11-13-10-14(12-16-13)21(19,20)18(6-2)9-7-8-17(3)4/h10,12,15-16H,5-9,11H2,1-4H3. The minimum atomic E-state index is -3.40. The molecule has 0 aliphatic rings. The lowest BCUT2D eigenvalue weighted by Gasteiger charge is -2.20. The third kappa shape index (κ3) is 5.43. The summed E-state index contributed by atoms with van der Waals surface area (Å²) in [7, 11) is 0.583. The summed E-state index contributed by atoms with van der Waals surface area (Å²) >= 11 is 0. The van der Waals surface area contributed by atoms with E-state index in [1.807, 2.05) is 27.9 Å². The minimum absolute atomic E-state index is 0.349. The monoisotopic (exact) mass is 316 g/mol. The van der Waals surface area contributed by atoms with E-state index in [9.17, 15) is 8.42 Å². The molecule has 21 heavy (non-hydrogen) atoms. The summed E-state index contributed by atoms with van der Waals surface area (Å²) < 4.78 is 26.7. The number of hydrogen-bond acceptors (Lipinski definition) is 4. The lowest BCUT2D eigenvalue weighted by Crippen LogP contribution is -2.33. The van der Waals surface area contributed by atoms with Crippen molar-refractivity contribution in [3.8, 4) is 0 Å². The van der Waals surface area contributed by atoms with E-state index in [0.717, 1.165) is 25.2 Å². The van der Waals surface area contributed by atoms with E-state index in [1.54, 1.807) is 12.3 Å². The normalized spacial score (nSPS) is 12.5. The van der Waals surface area contributed by atoms with E-state index in [0.29, 0.717) is 24.5 Å². The van der Waals surface area contributed by atoms with Gasteiger partial charge in [-0.2, -0.15) is 4.31 Å². The molecular weight excluding hydrogens is 288 g/mol. The first-order valence-corrected chi connectivity index (χ1v) is 8.88. The largest absolute Gasteiger partial charge is 0.363 e. The van der Waals surface area contributed by atoms with E-state index < -0.39 is 10.0 Å². The maximum absolute atomic E-state index is 12.6. The molecule has 0 atom stereocenters. The molecule has 0 aliphatic carbocycles. The van der Waals surface area contributed by atoms with Gasteiger partial charge in [-0.15, -0.1) is 0 Å². The van der Waals surface area contributed by atoms with Crippen LogP contribution in [0.25, 0.3) is 0 Å². The Morgan fingerprint density at radius 2 is 1.95 bits per heavy atom. The number of aromatic nitrogens is 1. The third-order valence-corrected chi connectivity index (χ3v) is 5.24. The molecule has 2 N–H and O–H groups in total. The lowest BCUT2D eigenvalue weighted by atomic mass is 10.4. The molecule has 0 amide bonds. The zero-order valence-corrected chi connectivity index (χ0v) is 14.3. The molecule has 1 aromatic heterocycles. The topological polar surface area (TPSA) is 68.4 Å². The van der Waals surface area contributed by atoms with E-state index in [4.69, 9.17) is 0 Å². The molecule has 1 aromatic rings. The van der Waals surface area contributed by atoms with Crippen LogP contribution in [-0.4, -0.2) is 62.9 Å². The molecule has 0 bridgehead atoms. The molecule has 0 saturated heterocycles. The Balaban J connectivity index is 2.74. The fourth-order valence-corrected chi connectivity index (χ4v) is 3.60. The summed E-state index contributed by atoms with van der Waals surface area (Å²) in [4.78, 5) is 5.43. The van der Waals surface area contributed by atoms with Crippen LogP contribution in [0.3, 0.4) is 0 Å². The summed E-state index contributed by atoms with van der Waals surface area (Å²) in [6.45, 7) is 7.31. The summed E-state index contributed by atoms with van der Waals surface area (Å²) in [6, 6.07) is 1.71. The predicted octanol–water partition coefficient (Wildman–Crippen LogP) is 1.09. The average Bonchev–Trinajstić information content (AvgIpc) is 2.90. The van der Waals surface area contributed by atoms with E-state index in [-0.39, 0.29) is 0 Å². The van der Waals surface area contributed by atoms with E-state index in [2.05, 4.69) is 15.2 Å². The van der Waals surface area contributed by atoms with Crippen LogP contribution in [0.5, 0.6) is 0 Å². The zero-order chi connectivity index (χ0) is 15.9. The highest BCUT2D eigenvalue weighted by Gasteiger charge is 2.23. The lowest BCUT2D eigenvalue weighted by molar-refractivity contribution is 0.356. The molecule has 0 spiro atoms. The van der Waals surface area contributed by atoms with Crippen molar-refractivity contribution in [3.63, 3.8) is 0 Å². The van der Waals surface area contributed by atoms with Crippen LogP contribution >= 0.6 is 0 Å². The number of H-pyrrole nitrogens is 1. The van der Waals surface area contributed by atoms with Crippen molar-refractivity contribution in [3.05, 3.63) is 18.0 Å². The van der Waals surface area contributed by atoms with Gasteiger partial charge in [-0.3, -0.25) is 0 Å². The molecule has 1 heterocycles. The summed E-state index contributed by atoms with van der Waals surface area (Å²) in [5.41, 5.74) is 0.889. The van der Waals surface area contributed by atoms with Crippen molar-refractivity contribution in [2.24, 2.45) is 0 Å². The second kappa shape index (κ2) is 8.53. The molecule has 6 nitrogen and oxygen atoms in total. The molecule has 0 radical (unpaired) electrons. The Morgan fingerprint density at radius 1 is 1.24 bits per heavy atom. The van der Waals surface area contributed by atoms with Crippen LogP contribution in [0.4, 0.5) is 0 Å². The summed E-state index contributed by atoms with van der Waals surface area (Å²) in [6.07, 6.45) is 2.41. The Bertz CT molecular complexity index is 511. The first-order valence-electron chi connectivity index (χ1n) is 7.44. The molecular formula is C14H28N4O2S. The average molecular weight is 316 g/mol. The first-order chi connectivity index (χ1) is 9.91. The Kier molecular flexibility index (Phi) is 7.37. The van der Waals surface area contributed by atoms with Crippen molar-refractivity contribution in [1.82, 2.24) is 19.5 Å². The Hall–Kier alpha value is -0.890. The van der Waals surface area contributed by atoms with Gasteiger partial charge >= 0.3 is 0 Å². The minimum Gasteiger partial charge on any atom is -0.363 e. The molecule has 0 fully saturated rings. The Morgan fingerprint density at radius 3 is 2.52 bits per heavy atom. The van der Waals surface area contributed by atoms with Gasteiger partial charge in [-0.25, -0.2) is 8.42 Å². The maximum atomic E-state index is 12.6. The number of aromatic amines is 1. The molecule has 1 rings (SSSR count). The van der Waals surface area contributed by atoms with Crippen LogP contribution < -0.4 is 5.32 Å². The van der Waals surface area contributed by atoms with Gasteiger partial charge in [-0.1, -0.05) is 13.8 Å². The fraction of sp³-hybridized carbons (Fsp3) is 0.714. The third-order valence-electron chi connectivity index (χ3n) is 3.29. The predicted molar refractivity (Wildman–Crippen MR) is 85.8 cm³/mol. The second-order valence-electron chi connectivity index (χ2n) is 5.29. The van der Waals surface area contributed by atoms with Gasteiger partial charge in [0.1, 0.15) is 0 Å². The first kappa shape index (κ1) is 18.2. The molecule has 0 saturated carbocycles. The highest BCUT2D eigenvalue weighted by Crippen LogP contribution is 2.17. The van der Waals surface area contributed by atoms with Crippen LogP contribution in [0.2, 0.25) is 0 Å². The number of sulfonamides is 1. The van der Waals surface area contributed by atoms with Gasteiger partial charge in [0.05, 0.1) is 4.90 Å². The van der Waals surface area contributed by atoms with Crippen molar-refractivity contribution in [1.29, 1.82) is 0 Å². The molecule has 122 valence electrons. The van der Waals surface area contributed by atoms with Crippen LogP contribution in [-0.2, 0) is 16.6 Å². The van der Waals surface area contributed by atoms with Crippen LogP contribution in [0, 0.1) is 0 Å². The molecule has 7 heteroatoms. The summed E-state index contributed by atoms with van der Waals surface area (Å²) in [5.74, 6) is 0. The molecule has 0 unspecified atom stereocenters. The maximum Gasteiger partial charge on any atom is 0.244 e. The highest BCUT2D eigenvalue weighted by molar-refractivity contribution is 7.89. The second-order valence-corrected chi connectivity index (χ2v) is 7.23. The van der Waals surface area contributed by atoms with Crippen molar-refractivity contribution in [2.75, 3.05) is 40.3 Å². The zero-order valence-electron chi connectivity index (χ0n) is 13.5. The number of hydrogen-bond donors (Lipinski definition) is 2. The highest BCUT2D eigenvalue weighted by atomic mass is 32.2. The van der Waals surface area contributed by atoms with Gasteiger partial charge in [0, 0.05) is 31.5 Å². The van der Waals surface area contributed by atoms with Crippen molar-refractivity contribution >= 4 is 10.0 Å². The van der Waals surface area contributed by atoms with Crippen LogP contribution in [0.1, 0.15) is 26.0 Å². The van der Waals surface area contributed by atoms with Crippen molar-refractivity contribution < 1.29 is 8.42 Å². The number of rotatable bonds is 10. The smallest absolute Gasteiger partial charge is 0.244 e. The van der Waals surface area contributed by atoms with E-state index in [1.165, 1.54) is 4.31 Å². The van der Waals surface area contributed by atoms with Gasteiger partial charge in [-0.05, 0) is 39.7 Å². The number of nitrogens with one attached hydrogen (secondary N) is 2. The fourth-order valence-electron chi connectivity index (χ4n) is 2.09. The van der Waals surface area contributed by atoms with Gasteiger partial charge in [0.2, 0.25) is 10.0 Å². The quantitative estimate of drug-likeness (QED) is 0.678. The van der Waals surface area contributed by atoms with Crippen LogP contribution in [0.15, 0.2) is 17.2 Å². The Labute approximate surface area is 128 Å². The van der Waals surface area contributed by atoms with Gasteiger partial charge < -0.3 is 15.2 Å². The van der Waals surface area contributed by atoms with Crippen molar-refractivity contribution in [2.45, 2.75) is 31.7 Å². The van der Waals surface area contributed by atoms with Gasteiger partial charge in [0.15, 0.2) is 0 Å². The van der Waals surface area contributed by atoms with Gasteiger partial charge in [0.25, 0.3) is 0 Å². The van der Waals surface area contributed by atoms with E-state index >= 15 is 0 Å². The number of nitrogens with zero attached hydrogens (tertiary/aromatic N) is 2. The molecule has 0 aliphatic heterocycles. The summed E-state index contributed by atoms with van der Waals surface area (Å²) in [5, 5.41) is 3.17. The SMILES string of the molecule is CCNCc1cc(S(=O)(=O)N(CC)CCCN(C)C)c[nH]1.